The molecule has 0 spiro atoms. The molecule has 28 heavy (non-hydrogen) atoms. The van der Waals surface area contributed by atoms with Gasteiger partial charge in [0.2, 0.25) is 11.1 Å². The molecule has 2 bridgehead atoms. The number of nitrogens with one attached hydrogen (secondary N) is 1. The lowest BCUT2D eigenvalue weighted by molar-refractivity contribution is -0.113. The molecule has 0 aliphatic heterocycles. The van der Waals surface area contributed by atoms with Gasteiger partial charge < -0.3 is 5.32 Å². The van der Waals surface area contributed by atoms with Crippen LogP contribution in [0, 0.1) is 5.41 Å². The van der Waals surface area contributed by atoms with Gasteiger partial charge in [0.1, 0.15) is 0 Å². The molecular weight excluding hydrogens is 390 g/mol. The van der Waals surface area contributed by atoms with Crippen molar-refractivity contribution in [2.24, 2.45) is 5.41 Å². The number of amides is 1. The van der Waals surface area contributed by atoms with E-state index in [1.165, 1.54) is 23.1 Å². The van der Waals surface area contributed by atoms with E-state index in [2.05, 4.69) is 41.3 Å². The van der Waals surface area contributed by atoms with E-state index in [-0.39, 0.29) is 22.5 Å². The highest BCUT2D eigenvalue weighted by Gasteiger charge is 2.61. The van der Waals surface area contributed by atoms with Gasteiger partial charge in [-0.15, -0.1) is 5.10 Å². The Balaban J connectivity index is 1.28. The van der Waals surface area contributed by atoms with Crippen molar-refractivity contribution in [3.8, 4) is 0 Å². The van der Waals surface area contributed by atoms with Crippen LogP contribution < -0.4 is 5.32 Å². The molecule has 6 nitrogen and oxygen atoms in total. The largest absolute Gasteiger partial charge is 0.301 e. The van der Waals surface area contributed by atoms with E-state index >= 15 is 0 Å². The number of para-hydroxylation sites is 1. The number of carbonyl (C=O) groups is 1. The molecule has 144 valence electrons. The number of hydrogen-bond acceptors (Lipinski definition) is 7. The summed E-state index contributed by atoms with van der Waals surface area (Å²) in [4.78, 5) is 21.6. The first-order valence-electron chi connectivity index (χ1n) is 9.42. The highest BCUT2D eigenvalue weighted by atomic mass is 32.2. The minimum atomic E-state index is -0.110. The molecule has 2 aromatic heterocycles. The molecule has 1 fully saturated rings. The van der Waals surface area contributed by atoms with Gasteiger partial charge in [-0.05, 0) is 30.4 Å². The summed E-state index contributed by atoms with van der Waals surface area (Å²) in [5.41, 5.74) is 3.24. The van der Waals surface area contributed by atoms with Crippen molar-refractivity contribution in [1.82, 2.24) is 20.2 Å². The number of fused-ring (bicyclic) bond motifs is 6. The van der Waals surface area contributed by atoms with Gasteiger partial charge in [0.15, 0.2) is 5.13 Å². The van der Waals surface area contributed by atoms with E-state index in [9.17, 15) is 4.79 Å². The lowest BCUT2D eigenvalue weighted by Gasteiger charge is -2.33. The molecule has 0 saturated heterocycles. The van der Waals surface area contributed by atoms with E-state index in [4.69, 9.17) is 4.98 Å². The van der Waals surface area contributed by atoms with Crippen molar-refractivity contribution in [3.63, 3.8) is 0 Å². The minimum absolute atomic E-state index is 0.0432. The van der Waals surface area contributed by atoms with Crippen LogP contribution in [0.5, 0.6) is 0 Å². The molecule has 8 heteroatoms. The van der Waals surface area contributed by atoms with Gasteiger partial charge in [-0.1, -0.05) is 56.0 Å². The second kappa shape index (κ2) is 6.22. The van der Waals surface area contributed by atoms with Gasteiger partial charge in [-0.2, -0.15) is 5.10 Å². The maximum absolute atomic E-state index is 12.3. The SMILES string of the molecule is CC1(C)[C@H]2CC[C@@]1(C)c1nc(SCC(=O)Nc3nc4ccccc4s3)nnc12. The topological polar surface area (TPSA) is 80.7 Å². The Kier molecular flexibility index (Phi) is 4.00. The summed E-state index contributed by atoms with van der Waals surface area (Å²) in [6.07, 6.45) is 2.29. The Hall–Kier alpha value is -2.06. The number of benzene rings is 1. The number of carbonyl (C=O) groups excluding carboxylic acids is 1. The summed E-state index contributed by atoms with van der Waals surface area (Å²) in [6.45, 7) is 6.92. The zero-order valence-corrected chi connectivity index (χ0v) is 17.7. The normalized spacial score (nSPS) is 24.5. The maximum atomic E-state index is 12.3. The van der Waals surface area contributed by atoms with E-state index in [0.29, 0.717) is 16.2 Å². The van der Waals surface area contributed by atoms with Crippen LogP contribution in [0.15, 0.2) is 29.4 Å². The standard InChI is InChI=1S/C20H21N5OS2/c1-19(2)11-8-9-20(19,3)16-15(11)24-25-18(23-16)27-10-14(26)22-17-21-12-6-4-5-7-13(12)28-17/h4-7,11H,8-10H2,1-3H3,(H,21,22,26)/t11-,20-/m0/s1. The Bertz CT molecular complexity index is 1060. The van der Waals surface area contributed by atoms with Gasteiger partial charge in [0, 0.05) is 11.3 Å². The molecule has 3 aromatic rings. The van der Waals surface area contributed by atoms with Gasteiger partial charge in [0.05, 0.1) is 27.4 Å². The summed E-state index contributed by atoms with van der Waals surface area (Å²) in [5.74, 6) is 0.565. The zero-order chi connectivity index (χ0) is 19.5. The molecule has 2 atom stereocenters. The van der Waals surface area contributed by atoms with Crippen LogP contribution in [0.4, 0.5) is 5.13 Å². The van der Waals surface area contributed by atoms with Gasteiger partial charge in [-0.25, -0.2) is 9.97 Å². The Morgan fingerprint density at radius 1 is 1.25 bits per heavy atom. The van der Waals surface area contributed by atoms with Gasteiger partial charge in [-0.3, -0.25) is 4.79 Å². The molecule has 0 radical (unpaired) electrons. The monoisotopic (exact) mass is 411 g/mol. The summed E-state index contributed by atoms with van der Waals surface area (Å²) in [5, 5.41) is 12.8. The molecule has 1 saturated carbocycles. The molecule has 1 aromatic carbocycles. The number of aromatic nitrogens is 4. The quantitative estimate of drug-likeness (QED) is 0.642. The van der Waals surface area contributed by atoms with Crippen LogP contribution in [0.1, 0.15) is 50.9 Å². The molecule has 2 aliphatic rings. The average molecular weight is 412 g/mol. The molecule has 5 rings (SSSR count). The van der Waals surface area contributed by atoms with Crippen molar-refractivity contribution in [3.05, 3.63) is 35.7 Å². The van der Waals surface area contributed by atoms with Crippen molar-refractivity contribution in [2.45, 2.75) is 50.1 Å². The number of rotatable bonds is 4. The van der Waals surface area contributed by atoms with E-state index in [0.717, 1.165) is 34.4 Å². The fourth-order valence-corrected chi connectivity index (χ4v) is 6.10. The predicted octanol–water partition coefficient (Wildman–Crippen LogP) is 4.39. The van der Waals surface area contributed by atoms with Crippen molar-refractivity contribution < 1.29 is 4.79 Å². The zero-order valence-electron chi connectivity index (χ0n) is 16.0. The van der Waals surface area contributed by atoms with Crippen LogP contribution in [-0.2, 0) is 10.2 Å². The summed E-state index contributed by atoms with van der Waals surface area (Å²) < 4.78 is 1.06. The second-order valence-corrected chi connectivity index (χ2v) is 10.3. The number of hydrogen-bond donors (Lipinski definition) is 1. The van der Waals surface area contributed by atoms with Gasteiger partial charge in [0.25, 0.3) is 0 Å². The van der Waals surface area contributed by atoms with Crippen molar-refractivity contribution in [2.75, 3.05) is 11.1 Å². The molecule has 1 amide bonds. The molecule has 2 heterocycles. The highest BCUT2D eigenvalue weighted by molar-refractivity contribution is 7.99. The Morgan fingerprint density at radius 3 is 2.89 bits per heavy atom. The van der Waals surface area contributed by atoms with Crippen LogP contribution in [0.2, 0.25) is 0 Å². The van der Waals surface area contributed by atoms with E-state index in [1.54, 1.807) is 0 Å². The third-order valence-corrected chi connectivity index (χ3v) is 8.43. The van der Waals surface area contributed by atoms with E-state index < -0.39 is 0 Å². The van der Waals surface area contributed by atoms with Crippen LogP contribution >= 0.6 is 23.1 Å². The Morgan fingerprint density at radius 2 is 2.07 bits per heavy atom. The van der Waals surface area contributed by atoms with E-state index in [1.807, 2.05) is 24.3 Å². The maximum Gasteiger partial charge on any atom is 0.236 e. The van der Waals surface area contributed by atoms with Crippen molar-refractivity contribution >= 4 is 44.4 Å². The fraction of sp³-hybridized carbons (Fsp3) is 0.450. The average Bonchev–Trinajstić information content (AvgIpc) is 3.23. The van der Waals surface area contributed by atoms with Gasteiger partial charge >= 0.3 is 0 Å². The smallest absolute Gasteiger partial charge is 0.236 e. The summed E-state index contributed by atoms with van der Waals surface area (Å²) in [6, 6.07) is 7.85. The molecule has 0 unspecified atom stereocenters. The van der Waals surface area contributed by atoms with Crippen LogP contribution in [0.25, 0.3) is 10.2 Å². The summed E-state index contributed by atoms with van der Waals surface area (Å²) in [7, 11) is 0. The third-order valence-electron chi connectivity index (χ3n) is 6.64. The predicted molar refractivity (Wildman–Crippen MR) is 112 cm³/mol. The lowest BCUT2D eigenvalue weighted by Crippen LogP contribution is -2.32. The minimum Gasteiger partial charge on any atom is -0.301 e. The first kappa shape index (κ1) is 18.0. The van der Waals surface area contributed by atoms with Crippen molar-refractivity contribution in [1.29, 1.82) is 0 Å². The number of thioether (sulfide) groups is 1. The third kappa shape index (κ3) is 2.58. The fourth-order valence-electron chi connectivity index (χ4n) is 4.63. The number of anilines is 1. The van der Waals surface area contributed by atoms with Crippen LogP contribution in [0.3, 0.4) is 0 Å². The van der Waals surface area contributed by atoms with Crippen LogP contribution in [-0.4, -0.2) is 31.8 Å². The first-order chi connectivity index (χ1) is 13.4. The highest BCUT2D eigenvalue weighted by Crippen LogP contribution is 2.66. The Labute approximate surface area is 171 Å². The molecule has 1 N–H and O–H groups in total. The number of thiazole rings is 1. The lowest BCUT2D eigenvalue weighted by atomic mass is 9.70. The molecule has 2 aliphatic carbocycles. The number of nitrogens with zero attached hydrogens (tertiary/aromatic N) is 4. The molecular formula is C20H21N5OS2. The first-order valence-corrected chi connectivity index (χ1v) is 11.2. The summed E-state index contributed by atoms with van der Waals surface area (Å²) >= 11 is 2.80. The second-order valence-electron chi connectivity index (χ2n) is 8.30.